The number of ether oxygens (including phenoxy) is 1. The number of rotatable bonds is 5. The molecule has 1 aromatic rings. The van der Waals surface area contributed by atoms with E-state index < -0.39 is 6.10 Å². The average Bonchev–Trinajstić information content (AvgIpc) is 2.51. The van der Waals surface area contributed by atoms with Gasteiger partial charge in [0.15, 0.2) is 0 Å². The lowest BCUT2D eigenvalue weighted by Gasteiger charge is -2.34. The Kier molecular flexibility index (Phi) is 5.65. The summed E-state index contributed by atoms with van der Waals surface area (Å²) < 4.78 is 5.70. The minimum absolute atomic E-state index is 0.0882. The van der Waals surface area contributed by atoms with Gasteiger partial charge in [-0.15, -0.1) is 0 Å². The minimum atomic E-state index is -0.682. The SMILES string of the molecule is CC(=O)N1CCc2cc(OCC(O)C(N)C(C)C)ccc2C1C. The van der Waals surface area contributed by atoms with Crippen LogP contribution < -0.4 is 10.5 Å². The van der Waals surface area contributed by atoms with Crippen molar-refractivity contribution in [2.75, 3.05) is 13.2 Å². The third-order valence-electron chi connectivity index (χ3n) is 4.69. The Morgan fingerprint density at radius 1 is 1.48 bits per heavy atom. The van der Waals surface area contributed by atoms with E-state index in [0.29, 0.717) is 0 Å². The molecule has 1 aromatic carbocycles. The molecule has 3 N–H and O–H groups in total. The molecule has 23 heavy (non-hydrogen) atoms. The van der Waals surface area contributed by atoms with E-state index in [-0.39, 0.29) is 30.5 Å². The predicted octanol–water partition coefficient (Wildman–Crippen LogP) is 1.88. The number of nitrogens with two attached hydrogens (primary N) is 1. The lowest BCUT2D eigenvalue weighted by Crippen LogP contribution is -2.42. The molecule has 0 bridgehead atoms. The van der Waals surface area contributed by atoms with Crippen molar-refractivity contribution < 1.29 is 14.6 Å². The molecule has 3 unspecified atom stereocenters. The summed E-state index contributed by atoms with van der Waals surface area (Å²) in [5.74, 6) is 1.05. The van der Waals surface area contributed by atoms with Crippen LogP contribution in [0.2, 0.25) is 0 Å². The van der Waals surface area contributed by atoms with Crippen molar-refractivity contribution in [3.8, 4) is 5.75 Å². The molecule has 1 heterocycles. The Balaban J connectivity index is 2.04. The fourth-order valence-electron chi connectivity index (χ4n) is 3.07. The first kappa shape index (κ1) is 17.8. The third-order valence-corrected chi connectivity index (χ3v) is 4.69. The van der Waals surface area contributed by atoms with Crippen LogP contribution in [0.25, 0.3) is 0 Å². The fraction of sp³-hybridized carbons (Fsp3) is 0.611. The molecule has 1 amide bonds. The van der Waals surface area contributed by atoms with Crippen molar-refractivity contribution >= 4 is 5.91 Å². The molecular formula is C18H28N2O3. The van der Waals surface area contributed by atoms with Crippen LogP contribution in [0.1, 0.15) is 44.9 Å². The first-order valence-corrected chi connectivity index (χ1v) is 8.27. The van der Waals surface area contributed by atoms with Crippen LogP contribution in [0.4, 0.5) is 0 Å². The Morgan fingerprint density at radius 3 is 2.78 bits per heavy atom. The summed E-state index contributed by atoms with van der Waals surface area (Å²) >= 11 is 0. The highest BCUT2D eigenvalue weighted by molar-refractivity contribution is 5.74. The summed E-state index contributed by atoms with van der Waals surface area (Å²) in [7, 11) is 0. The molecule has 0 radical (unpaired) electrons. The van der Waals surface area contributed by atoms with Crippen molar-refractivity contribution in [2.45, 2.75) is 52.3 Å². The van der Waals surface area contributed by atoms with Gasteiger partial charge in [-0.2, -0.15) is 0 Å². The molecule has 1 aliphatic rings. The number of hydrogen-bond acceptors (Lipinski definition) is 4. The van der Waals surface area contributed by atoms with Crippen LogP contribution in [-0.4, -0.2) is 41.2 Å². The van der Waals surface area contributed by atoms with E-state index in [1.54, 1.807) is 6.92 Å². The lowest BCUT2D eigenvalue weighted by atomic mass is 9.93. The van der Waals surface area contributed by atoms with Crippen LogP contribution >= 0.6 is 0 Å². The van der Waals surface area contributed by atoms with E-state index in [9.17, 15) is 9.90 Å². The summed E-state index contributed by atoms with van der Waals surface area (Å²) in [5, 5.41) is 10.0. The second-order valence-corrected chi connectivity index (χ2v) is 6.70. The highest BCUT2D eigenvalue weighted by Gasteiger charge is 2.26. The maximum Gasteiger partial charge on any atom is 0.219 e. The van der Waals surface area contributed by atoms with E-state index in [1.165, 1.54) is 11.1 Å². The molecular weight excluding hydrogens is 292 g/mol. The highest BCUT2D eigenvalue weighted by Crippen LogP contribution is 2.31. The van der Waals surface area contributed by atoms with Gasteiger partial charge in [0.2, 0.25) is 5.91 Å². The number of amides is 1. The topological polar surface area (TPSA) is 75.8 Å². The summed E-state index contributed by atoms with van der Waals surface area (Å²) in [6.45, 7) is 8.54. The largest absolute Gasteiger partial charge is 0.491 e. The van der Waals surface area contributed by atoms with Gasteiger partial charge in [0.25, 0.3) is 0 Å². The zero-order chi connectivity index (χ0) is 17.1. The number of carbonyl (C=O) groups is 1. The van der Waals surface area contributed by atoms with Crippen molar-refractivity contribution in [1.29, 1.82) is 0 Å². The van der Waals surface area contributed by atoms with Crippen LogP contribution in [-0.2, 0) is 11.2 Å². The van der Waals surface area contributed by atoms with Gasteiger partial charge in [0.1, 0.15) is 18.5 Å². The number of aliphatic hydroxyl groups excluding tert-OH is 1. The van der Waals surface area contributed by atoms with Gasteiger partial charge in [-0.25, -0.2) is 0 Å². The minimum Gasteiger partial charge on any atom is -0.491 e. The van der Waals surface area contributed by atoms with Crippen molar-refractivity contribution in [1.82, 2.24) is 4.90 Å². The molecule has 1 aliphatic heterocycles. The third kappa shape index (κ3) is 4.03. The Bertz CT molecular complexity index is 559. The van der Waals surface area contributed by atoms with Crippen LogP contribution in [0.15, 0.2) is 18.2 Å². The summed E-state index contributed by atoms with van der Waals surface area (Å²) in [5.41, 5.74) is 8.30. The standard InChI is InChI=1S/C18H28N2O3/c1-11(2)18(19)17(22)10-23-15-5-6-16-12(3)20(13(4)21)8-7-14(16)9-15/h5-6,9,11-12,17-18,22H,7-8,10,19H2,1-4H3. The normalized spacial score (nSPS) is 20.1. The maximum atomic E-state index is 11.6. The van der Waals surface area contributed by atoms with Crippen molar-refractivity contribution in [3.63, 3.8) is 0 Å². The van der Waals surface area contributed by atoms with Gasteiger partial charge < -0.3 is 20.5 Å². The first-order valence-electron chi connectivity index (χ1n) is 8.27. The molecule has 2 rings (SSSR count). The number of aliphatic hydroxyl groups is 1. The molecule has 0 saturated heterocycles. The number of nitrogens with zero attached hydrogens (tertiary/aromatic N) is 1. The quantitative estimate of drug-likeness (QED) is 0.868. The Hall–Kier alpha value is -1.59. The van der Waals surface area contributed by atoms with Crippen LogP contribution in [0.3, 0.4) is 0 Å². The van der Waals surface area contributed by atoms with Crippen LogP contribution in [0.5, 0.6) is 5.75 Å². The molecule has 3 atom stereocenters. The molecule has 5 heteroatoms. The van der Waals surface area contributed by atoms with Gasteiger partial charge >= 0.3 is 0 Å². The smallest absolute Gasteiger partial charge is 0.219 e. The molecule has 0 aromatic heterocycles. The number of benzene rings is 1. The second kappa shape index (κ2) is 7.32. The van der Waals surface area contributed by atoms with Gasteiger partial charge in [0.05, 0.1) is 6.04 Å². The van der Waals surface area contributed by atoms with E-state index in [0.717, 1.165) is 18.7 Å². The van der Waals surface area contributed by atoms with E-state index in [2.05, 4.69) is 0 Å². The first-order chi connectivity index (χ1) is 10.8. The number of carbonyl (C=O) groups excluding carboxylic acids is 1. The molecule has 128 valence electrons. The summed E-state index contributed by atoms with van der Waals surface area (Å²) in [6.07, 6.45) is 0.142. The molecule has 0 saturated carbocycles. The fourth-order valence-corrected chi connectivity index (χ4v) is 3.07. The van der Waals surface area contributed by atoms with Gasteiger partial charge in [-0.3, -0.25) is 4.79 Å². The maximum absolute atomic E-state index is 11.6. The van der Waals surface area contributed by atoms with Crippen molar-refractivity contribution in [3.05, 3.63) is 29.3 Å². The Labute approximate surface area is 138 Å². The monoisotopic (exact) mass is 320 g/mol. The van der Waals surface area contributed by atoms with Crippen molar-refractivity contribution in [2.24, 2.45) is 11.7 Å². The van der Waals surface area contributed by atoms with E-state index in [1.807, 2.05) is 43.9 Å². The molecule has 5 nitrogen and oxygen atoms in total. The van der Waals surface area contributed by atoms with Gasteiger partial charge in [-0.05, 0) is 42.5 Å². The number of fused-ring (bicyclic) bond motifs is 1. The number of hydrogen-bond donors (Lipinski definition) is 2. The average molecular weight is 320 g/mol. The zero-order valence-corrected chi connectivity index (χ0v) is 14.5. The predicted molar refractivity (Wildman–Crippen MR) is 90.3 cm³/mol. The van der Waals surface area contributed by atoms with Gasteiger partial charge in [0, 0.05) is 19.5 Å². The zero-order valence-electron chi connectivity index (χ0n) is 14.5. The van der Waals surface area contributed by atoms with E-state index in [4.69, 9.17) is 10.5 Å². The second-order valence-electron chi connectivity index (χ2n) is 6.70. The highest BCUT2D eigenvalue weighted by atomic mass is 16.5. The molecule has 0 fully saturated rings. The lowest BCUT2D eigenvalue weighted by molar-refractivity contribution is -0.131. The van der Waals surface area contributed by atoms with E-state index >= 15 is 0 Å². The summed E-state index contributed by atoms with van der Waals surface area (Å²) in [4.78, 5) is 13.5. The summed E-state index contributed by atoms with van der Waals surface area (Å²) in [6, 6.07) is 5.71. The van der Waals surface area contributed by atoms with Crippen LogP contribution in [0, 0.1) is 5.92 Å². The molecule has 0 aliphatic carbocycles. The Morgan fingerprint density at radius 2 is 2.17 bits per heavy atom. The van der Waals surface area contributed by atoms with Gasteiger partial charge in [-0.1, -0.05) is 19.9 Å². The molecule has 0 spiro atoms.